The van der Waals surface area contributed by atoms with E-state index in [1.165, 1.54) is 5.56 Å². The molecule has 0 aliphatic rings. The first-order valence-corrected chi connectivity index (χ1v) is 9.08. The van der Waals surface area contributed by atoms with E-state index in [0.717, 1.165) is 28.9 Å². The van der Waals surface area contributed by atoms with Crippen molar-refractivity contribution in [2.75, 3.05) is 18.9 Å². The van der Waals surface area contributed by atoms with Crippen LogP contribution in [0.5, 0.6) is 0 Å². The standard InChI is InChI=1S/C21H26N2O2S/c1-6-23(5)21(26)22-19-12-15(3)18(11-16(19)4)20(24)25-13-17-9-7-14(2)8-10-17/h7-12H,6,13H2,1-5H3,(H,22,26). The van der Waals surface area contributed by atoms with E-state index in [1.807, 2.05) is 76.0 Å². The fraction of sp³-hybridized carbons (Fsp3) is 0.333. The lowest BCUT2D eigenvalue weighted by Crippen LogP contribution is -2.31. The molecule has 0 aliphatic heterocycles. The van der Waals surface area contributed by atoms with Crippen molar-refractivity contribution in [3.63, 3.8) is 0 Å². The van der Waals surface area contributed by atoms with Crippen LogP contribution in [0.3, 0.4) is 0 Å². The fourth-order valence-electron chi connectivity index (χ4n) is 2.44. The van der Waals surface area contributed by atoms with Gasteiger partial charge in [-0.3, -0.25) is 0 Å². The SMILES string of the molecule is CCN(C)C(=S)Nc1cc(C)c(C(=O)OCc2ccc(C)cc2)cc1C. The summed E-state index contributed by atoms with van der Waals surface area (Å²) in [6.45, 7) is 9.02. The van der Waals surface area contributed by atoms with Crippen molar-refractivity contribution in [2.45, 2.75) is 34.3 Å². The number of esters is 1. The van der Waals surface area contributed by atoms with Gasteiger partial charge in [0.25, 0.3) is 0 Å². The average Bonchev–Trinajstić information content (AvgIpc) is 2.62. The van der Waals surface area contributed by atoms with E-state index in [-0.39, 0.29) is 12.6 Å². The summed E-state index contributed by atoms with van der Waals surface area (Å²) >= 11 is 5.37. The van der Waals surface area contributed by atoms with Crippen LogP contribution < -0.4 is 5.32 Å². The molecular weight excluding hydrogens is 344 g/mol. The molecular formula is C21H26N2O2S. The van der Waals surface area contributed by atoms with Gasteiger partial charge in [-0.2, -0.15) is 0 Å². The lowest BCUT2D eigenvalue weighted by atomic mass is 10.0. The minimum absolute atomic E-state index is 0.267. The molecule has 0 unspecified atom stereocenters. The van der Waals surface area contributed by atoms with Gasteiger partial charge in [0.1, 0.15) is 6.61 Å². The lowest BCUT2D eigenvalue weighted by molar-refractivity contribution is 0.0472. The number of carbonyl (C=O) groups excluding carboxylic acids is 1. The molecule has 2 rings (SSSR count). The maximum absolute atomic E-state index is 12.5. The maximum Gasteiger partial charge on any atom is 0.338 e. The molecule has 138 valence electrons. The van der Waals surface area contributed by atoms with Crippen molar-refractivity contribution in [2.24, 2.45) is 0 Å². The molecule has 0 spiro atoms. The molecule has 0 aromatic heterocycles. The fourth-order valence-corrected chi connectivity index (χ4v) is 2.68. The van der Waals surface area contributed by atoms with Gasteiger partial charge in [-0.1, -0.05) is 29.8 Å². The van der Waals surface area contributed by atoms with Gasteiger partial charge in [-0.05, 0) is 68.7 Å². The minimum atomic E-state index is -0.314. The van der Waals surface area contributed by atoms with Crippen molar-refractivity contribution in [3.05, 3.63) is 64.2 Å². The molecule has 0 amide bonds. The Morgan fingerprint density at radius 3 is 2.38 bits per heavy atom. The average molecular weight is 371 g/mol. The van der Waals surface area contributed by atoms with E-state index in [4.69, 9.17) is 17.0 Å². The number of aryl methyl sites for hydroxylation is 3. The third-order valence-electron chi connectivity index (χ3n) is 4.34. The van der Waals surface area contributed by atoms with Gasteiger partial charge < -0.3 is 15.0 Å². The molecule has 2 aromatic carbocycles. The molecule has 5 heteroatoms. The number of rotatable bonds is 5. The molecule has 26 heavy (non-hydrogen) atoms. The summed E-state index contributed by atoms with van der Waals surface area (Å²) in [6.07, 6.45) is 0. The maximum atomic E-state index is 12.5. The van der Waals surface area contributed by atoms with E-state index < -0.39 is 0 Å². The van der Waals surface area contributed by atoms with Crippen molar-refractivity contribution in [1.82, 2.24) is 4.90 Å². The van der Waals surface area contributed by atoms with E-state index in [2.05, 4.69) is 5.32 Å². The smallest absolute Gasteiger partial charge is 0.338 e. The van der Waals surface area contributed by atoms with Crippen molar-refractivity contribution < 1.29 is 9.53 Å². The van der Waals surface area contributed by atoms with Crippen LogP contribution >= 0.6 is 12.2 Å². The predicted octanol–water partition coefficient (Wildman–Crippen LogP) is 4.62. The van der Waals surface area contributed by atoms with Crippen LogP contribution in [0, 0.1) is 20.8 Å². The number of nitrogens with one attached hydrogen (secondary N) is 1. The molecule has 1 N–H and O–H groups in total. The van der Waals surface area contributed by atoms with Crippen LogP contribution in [0.1, 0.15) is 39.5 Å². The molecule has 0 radical (unpaired) electrons. The van der Waals surface area contributed by atoms with Gasteiger partial charge >= 0.3 is 5.97 Å². The van der Waals surface area contributed by atoms with Crippen LogP contribution in [0.25, 0.3) is 0 Å². The zero-order chi connectivity index (χ0) is 19.3. The van der Waals surface area contributed by atoms with Crippen LogP contribution in [0.4, 0.5) is 5.69 Å². The molecule has 0 bridgehead atoms. The number of anilines is 1. The second-order valence-electron chi connectivity index (χ2n) is 6.49. The number of ether oxygens (including phenoxy) is 1. The Bertz CT molecular complexity index is 800. The van der Waals surface area contributed by atoms with Crippen molar-refractivity contribution >= 4 is 29.0 Å². The lowest BCUT2D eigenvalue weighted by Gasteiger charge is -2.20. The third kappa shape index (κ3) is 5.05. The summed E-state index contributed by atoms with van der Waals surface area (Å²) < 4.78 is 5.47. The Labute approximate surface area is 161 Å². The number of benzene rings is 2. The van der Waals surface area contributed by atoms with Gasteiger partial charge in [0.05, 0.1) is 5.56 Å². The topological polar surface area (TPSA) is 41.6 Å². The third-order valence-corrected chi connectivity index (χ3v) is 4.76. The summed E-state index contributed by atoms with van der Waals surface area (Å²) in [7, 11) is 1.94. The van der Waals surface area contributed by atoms with Crippen LogP contribution in [0.2, 0.25) is 0 Å². The summed E-state index contributed by atoms with van der Waals surface area (Å²) in [5, 5.41) is 3.89. The monoisotopic (exact) mass is 370 g/mol. The molecule has 0 atom stereocenters. The van der Waals surface area contributed by atoms with Crippen LogP contribution in [-0.2, 0) is 11.3 Å². The first-order chi connectivity index (χ1) is 12.3. The number of nitrogens with zero attached hydrogens (tertiary/aromatic N) is 1. The Balaban J connectivity index is 2.09. The molecule has 0 fully saturated rings. The molecule has 0 saturated heterocycles. The van der Waals surface area contributed by atoms with E-state index in [1.54, 1.807) is 0 Å². The van der Waals surface area contributed by atoms with E-state index >= 15 is 0 Å². The van der Waals surface area contributed by atoms with Gasteiger partial charge in [0.15, 0.2) is 5.11 Å². The Kier molecular flexibility index (Phi) is 6.75. The number of carbonyl (C=O) groups is 1. The minimum Gasteiger partial charge on any atom is -0.457 e. The summed E-state index contributed by atoms with van der Waals surface area (Å²) in [6, 6.07) is 11.7. The zero-order valence-electron chi connectivity index (χ0n) is 16.1. The number of hydrogen-bond acceptors (Lipinski definition) is 3. The first-order valence-electron chi connectivity index (χ1n) is 8.67. The highest BCUT2D eigenvalue weighted by Crippen LogP contribution is 2.22. The highest BCUT2D eigenvalue weighted by atomic mass is 32.1. The number of thiocarbonyl (C=S) groups is 1. The summed E-state index contributed by atoms with van der Waals surface area (Å²) in [5.41, 5.74) is 5.45. The van der Waals surface area contributed by atoms with Gasteiger partial charge in [0, 0.05) is 19.3 Å². The summed E-state index contributed by atoms with van der Waals surface area (Å²) in [4.78, 5) is 14.4. The van der Waals surface area contributed by atoms with E-state index in [0.29, 0.717) is 10.7 Å². The van der Waals surface area contributed by atoms with Gasteiger partial charge in [-0.15, -0.1) is 0 Å². The van der Waals surface area contributed by atoms with Gasteiger partial charge in [-0.25, -0.2) is 4.79 Å². The Hall–Kier alpha value is -2.40. The van der Waals surface area contributed by atoms with Crippen LogP contribution in [0.15, 0.2) is 36.4 Å². The molecule has 2 aromatic rings. The van der Waals surface area contributed by atoms with E-state index in [9.17, 15) is 4.79 Å². The van der Waals surface area contributed by atoms with Gasteiger partial charge in [0.2, 0.25) is 0 Å². The normalized spacial score (nSPS) is 10.3. The van der Waals surface area contributed by atoms with Crippen LogP contribution in [-0.4, -0.2) is 29.6 Å². The highest BCUT2D eigenvalue weighted by molar-refractivity contribution is 7.80. The second-order valence-corrected chi connectivity index (χ2v) is 6.87. The van der Waals surface area contributed by atoms with Crippen molar-refractivity contribution in [1.29, 1.82) is 0 Å². The Morgan fingerprint density at radius 2 is 1.77 bits per heavy atom. The first kappa shape index (κ1) is 19.9. The predicted molar refractivity (Wildman–Crippen MR) is 111 cm³/mol. The Morgan fingerprint density at radius 1 is 1.12 bits per heavy atom. The molecule has 0 aliphatic carbocycles. The van der Waals surface area contributed by atoms with Crippen molar-refractivity contribution in [3.8, 4) is 0 Å². The number of hydrogen-bond donors (Lipinski definition) is 1. The molecule has 0 saturated carbocycles. The second kappa shape index (κ2) is 8.81. The molecule has 4 nitrogen and oxygen atoms in total. The quantitative estimate of drug-likeness (QED) is 0.614. The highest BCUT2D eigenvalue weighted by Gasteiger charge is 2.14. The largest absolute Gasteiger partial charge is 0.457 e. The summed E-state index contributed by atoms with van der Waals surface area (Å²) in [5.74, 6) is -0.314. The zero-order valence-corrected chi connectivity index (χ0v) is 16.9. The molecule has 0 heterocycles.